The summed E-state index contributed by atoms with van der Waals surface area (Å²) in [6.45, 7) is 3.93. The van der Waals surface area contributed by atoms with Crippen molar-refractivity contribution in [3.05, 3.63) is 82.0 Å². The zero-order valence-electron chi connectivity index (χ0n) is 17.8. The first-order valence-corrected chi connectivity index (χ1v) is 10.0. The fourth-order valence-electron chi connectivity index (χ4n) is 3.94. The van der Waals surface area contributed by atoms with Crippen LogP contribution in [0.1, 0.15) is 23.4 Å². The van der Waals surface area contributed by atoms with Gasteiger partial charge in [-0.3, -0.25) is 9.59 Å². The van der Waals surface area contributed by atoms with Gasteiger partial charge in [0.05, 0.1) is 24.4 Å². The molecule has 2 aromatic carbocycles. The summed E-state index contributed by atoms with van der Waals surface area (Å²) in [7, 11) is 1.63. The first-order valence-electron chi connectivity index (χ1n) is 10.0. The van der Waals surface area contributed by atoms with E-state index in [0.717, 1.165) is 33.8 Å². The summed E-state index contributed by atoms with van der Waals surface area (Å²) in [4.78, 5) is 24.3. The van der Waals surface area contributed by atoms with Crippen molar-refractivity contribution >= 4 is 16.7 Å². The molecule has 2 aromatic heterocycles. The Kier molecular flexibility index (Phi) is 5.33. The second-order valence-electron chi connectivity index (χ2n) is 7.49. The fraction of sp³-hybridized carbons (Fsp3) is 0.208. The molecule has 31 heavy (non-hydrogen) atoms. The number of benzene rings is 2. The van der Waals surface area contributed by atoms with Crippen molar-refractivity contribution in [2.75, 3.05) is 7.11 Å². The minimum absolute atomic E-state index is 0.171. The number of aryl methyl sites for hydroxylation is 3. The Morgan fingerprint density at radius 3 is 2.26 bits per heavy atom. The number of hydrogen-bond donors (Lipinski definition) is 1. The number of carbonyl (C=O) groups excluding carboxylic acids is 1. The largest absolute Gasteiger partial charge is 0.497 e. The van der Waals surface area contributed by atoms with E-state index in [1.54, 1.807) is 13.3 Å². The van der Waals surface area contributed by atoms with E-state index >= 15 is 0 Å². The van der Waals surface area contributed by atoms with Crippen LogP contribution in [0.25, 0.3) is 22.1 Å². The Morgan fingerprint density at radius 1 is 1.00 bits per heavy atom. The summed E-state index contributed by atoms with van der Waals surface area (Å²) in [6.07, 6.45) is 2.60. The number of nitrogens with zero attached hydrogens (tertiary/aromatic N) is 3. The molecule has 0 saturated carbocycles. The van der Waals surface area contributed by atoms with Crippen LogP contribution in [0.5, 0.6) is 5.75 Å². The van der Waals surface area contributed by atoms with Crippen molar-refractivity contribution in [3.8, 4) is 17.1 Å². The smallest absolute Gasteiger partial charge is 0.281 e. The standard InChI is InChI=1S/C24H24N4O3/c1-15-21-14-26-28(19-7-4-17(5-8-19)6-13-22(25)29)24(30)23(21)16(2)27(15)18-9-11-20(31-3)12-10-18/h4-5,7-12,14H,6,13H2,1-3H3,(H2,25,29). The number of carbonyl (C=O) groups is 1. The highest BCUT2D eigenvalue weighted by atomic mass is 16.5. The van der Waals surface area contributed by atoms with Crippen molar-refractivity contribution in [2.45, 2.75) is 26.7 Å². The van der Waals surface area contributed by atoms with Gasteiger partial charge in [-0.25, -0.2) is 0 Å². The second-order valence-corrected chi connectivity index (χ2v) is 7.49. The molecule has 4 aromatic rings. The third-order valence-electron chi connectivity index (χ3n) is 5.57. The Balaban J connectivity index is 1.78. The van der Waals surface area contributed by atoms with E-state index in [4.69, 9.17) is 10.5 Å². The number of primary amides is 1. The molecular weight excluding hydrogens is 392 g/mol. The highest BCUT2D eigenvalue weighted by molar-refractivity contribution is 5.88. The number of rotatable bonds is 6. The molecule has 0 spiro atoms. The fourth-order valence-corrected chi connectivity index (χ4v) is 3.94. The molecule has 4 rings (SSSR count). The van der Waals surface area contributed by atoms with Crippen molar-refractivity contribution in [1.29, 1.82) is 0 Å². The molecule has 7 heteroatoms. The van der Waals surface area contributed by atoms with Crippen LogP contribution in [-0.2, 0) is 11.2 Å². The molecule has 0 fully saturated rings. The van der Waals surface area contributed by atoms with Gasteiger partial charge in [-0.15, -0.1) is 0 Å². The van der Waals surface area contributed by atoms with Gasteiger partial charge in [0.25, 0.3) is 5.56 Å². The molecule has 0 aliphatic rings. The summed E-state index contributed by atoms with van der Waals surface area (Å²) < 4.78 is 8.72. The van der Waals surface area contributed by atoms with Gasteiger partial charge >= 0.3 is 0 Å². The highest BCUT2D eigenvalue weighted by Gasteiger charge is 2.18. The lowest BCUT2D eigenvalue weighted by molar-refractivity contribution is -0.117. The van der Waals surface area contributed by atoms with Crippen LogP contribution >= 0.6 is 0 Å². The van der Waals surface area contributed by atoms with Crippen molar-refractivity contribution in [3.63, 3.8) is 0 Å². The summed E-state index contributed by atoms with van der Waals surface area (Å²) >= 11 is 0. The monoisotopic (exact) mass is 416 g/mol. The quantitative estimate of drug-likeness (QED) is 0.522. The third kappa shape index (κ3) is 3.70. The van der Waals surface area contributed by atoms with Gasteiger partial charge < -0.3 is 15.0 Å². The molecule has 2 heterocycles. The predicted octanol–water partition coefficient (Wildman–Crippen LogP) is 3.22. The number of nitrogens with two attached hydrogens (primary N) is 1. The van der Waals surface area contributed by atoms with Gasteiger partial charge in [0, 0.05) is 28.9 Å². The number of aromatic nitrogens is 3. The van der Waals surface area contributed by atoms with Crippen LogP contribution in [0.4, 0.5) is 0 Å². The molecule has 0 bridgehead atoms. The summed E-state index contributed by atoms with van der Waals surface area (Å²) in [5.74, 6) is 0.443. The van der Waals surface area contributed by atoms with Gasteiger partial charge in [0.2, 0.25) is 5.91 Å². The minimum Gasteiger partial charge on any atom is -0.497 e. The van der Waals surface area contributed by atoms with Crippen LogP contribution in [0.2, 0.25) is 0 Å². The van der Waals surface area contributed by atoms with E-state index in [0.29, 0.717) is 23.9 Å². The molecule has 2 N–H and O–H groups in total. The molecule has 0 unspecified atom stereocenters. The zero-order chi connectivity index (χ0) is 22.1. The summed E-state index contributed by atoms with van der Waals surface area (Å²) in [5, 5.41) is 5.88. The normalized spacial score (nSPS) is 11.1. The second kappa shape index (κ2) is 8.10. The lowest BCUT2D eigenvalue weighted by atomic mass is 10.1. The van der Waals surface area contributed by atoms with Crippen LogP contribution in [-0.4, -0.2) is 27.4 Å². The number of hydrogen-bond acceptors (Lipinski definition) is 4. The maximum absolute atomic E-state index is 13.4. The molecule has 0 aliphatic carbocycles. The maximum Gasteiger partial charge on any atom is 0.281 e. The molecule has 0 aliphatic heterocycles. The molecular formula is C24H24N4O3. The average molecular weight is 416 g/mol. The topological polar surface area (TPSA) is 92.1 Å². The Morgan fingerprint density at radius 2 is 1.65 bits per heavy atom. The van der Waals surface area contributed by atoms with Crippen LogP contribution in [0.3, 0.4) is 0 Å². The van der Waals surface area contributed by atoms with E-state index in [1.807, 2.05) is 62.4 Å². The van der Waals surface area contributed by atoms with Gasteiger partial charge in [0.1, 0.15) is 5.75 Å². The van der Waals surface area contributed by atoms with Crippen LogP contribution in [0, 0.1) is 13.8 Å². The molecule has 0 saturated heterocycles. The average Bonchev–Trinajstić information content (AvgIpc) is 3.03. The van der Waals surface area contributed by atoms with Crippen LogP contribution in [0.15, 0.2) is 59.5 Å². The number of amides is 1. The Bertz CT molecular complexity index is 1320. The lowest BCUT2D eigenvalue weighted by Crippen LogP contribution is -2.21. The van der Waals surface area contributed by atoms with Gasteiger partial charge in [0.15, 0.2) is 0 Å². The Hall–Kier alpha value is -3.87. The van der Waals surface area contributed by atoms with Crippen molar-refractivity contribution in [1.82, 2.24) is 14.3 Å². The minimum atomic E-state index is -0.334. The molecule has 0 atom stereocenters. The molecule has 0 radical (unpaired) electrons. The number of fused-ring (bicyclic) bond motifs is 1. The first-order chi connectivity index (χ1) is 14.9. The van der Waals surface area contributed by atoms with Crippen molar-refractivity contribution in [2.24, 2.45) is 5.73 Å². The summed E-state index contributed by atoms with van der Waals surface area (Å²) in [6, 6.07) is 15.2. The molecule has 7 nitrogen and oxygen atoms in total. The van der Waals surface area contributed by atoms with E-state index in [1.165, 1.54) is 4.68 Å². The van der Waals surface area contributed by atoms with Gasteiger partial charge in [-0.05, 0) is 62.2 Å². The molecule has 1 amide bonds. The van der Waals surface area contributed by atoms with E-state index < -0.39 is 0 Å². The van der Waals surface area contributed by atoms with Crippen LogP contribution < -0.4 is 16.0 Å². The van der Waals surface area contributed by atoms with Crippen molar-refractivity contribution < 1.29 is 9.53 Å². The zero-order valence-corrected chi connectivity index (χ0v) is 17.8. The lowest BCUT2D eigenvalue weighted by Gasteiger charge is -2.10. The summed E-state index contributed by atoms with van der Waals surface area (Å²) in [5.41, 5.74) is 9.46. The van der Waals surface area contributed by atoms with E-state index in [2.05, 4.69) is 9.67 Å². The SMILES string of the molecule is COc1ccc(-n2c(C)c3cnn(-c4ccc(CCC(N)=O)cc4)c(=O)c3c2C)cc1. The van der Waals surface area contributed by atoms with E-state index in [-0.39, 0.29) is 11.5 Å². The third-order valence-corrected chi connectivity index (χ3v) is 5.57. The highest BCUT2D eigenvalue weighted by Crippen LogP contribution is 2.27. The maximum atomic E-state index is 13.4. The predicted molar refractivity (Wildman–Crippen MR) is 120 cm³/mol. The first kappa shape index (κ1) is 20.4. The molecule has 158 valence electrons. The van der Waals surface area contributed by atoms with E-state index in [9.17, 15) is 9.59 Å². The number of ether oxygens (including phenoxy) is 1. The Labute approximate surface area is 179 Å². The van der Waals surface area contributed by atoms with Gasteiger partial charge in [-0.1, -0.05) is 12.1 Å². The number of methoxy groups -OCH3 is 1. The van der Waals surface area contributed by atoms with Gasteiger partial charge in [-0.2, -0.15) is 9.78 Å².